The average molecular weight is 296 g/mol. The molecule has 2 aliphatic rings. The molecule has 3 N–H and O–H groups in total. The maximum Gasteiger partial charge on any atom is 0.242 e. The Labute approximate surface area is 129 Å². The van der Waals surface area contributed by atoms with E-state index < -0.39 is 0 Å². The van der Waals surface area contributed by atoms with Crippen LogP contribution in [0.2, 0.25) is 0 Å². The highest BCUT2D eigenvalue weighted by atomic mass is 16.2. The molecule has 1 amide bonds. The van der Waals surface area contributed by atoms with Crippen molar-refractivity contribution >= 4 is 22.5 Å². The summed E-state index contributed by atoms with van der Waals surface area (Å²) in [5.41, 5.74) is 9.27. The van der Waals surface area contributed by atoms with Crippen molar-refractivity contribution in [2.75, 3.05) is 5.32 Å². The van der Waals surface area contributed by atoms with Gasteiger partial charge in [-0.25, -0.2) is 5.43 Å². The van der Waals surface area contributed by atoms with Gasteiger partial charge in [0.2, 0.25) is 5.91 Å². The van der Waals surface area contributed by atoms with Crippen LogP contribution in [0.15, 0.2) is 30.5 Å². The highest BCUT2D eigenvalue weighted by Crippen LogP contribution is 2.35. The number of rotatable bonds is 3. The lowest BCUT2D eigenvalue weighted by Gasteiger charge is -2.13. The predicted octanol–water partition coefficient (Wildman–Crippen LogP) is 2.13. The van der Waals surface area contributed by atoms with Crippen LogP contribution in [0.4, 0.5) is 5.69 Å². The maximum atomic E-state index is 12.5. The molecule has 1 aromatic carbocycles. The third kappa shape index (κ3) is 2.46. The number of hydrogen-bond acceptors (Lipinski definition) is 4. The molecule has 1 aliphatic carbocycles. The maximum absolute atomic E-state index is 12.5. The second-order valence-electron chi connectivity index (χ2n) is 6.34. The van der Waals surface area contributed by atoms with E-state index in [1.165, 1.54) is 12.8 Å². The van der Waals surface area contributed by atoms with Crippen molar-refractivity contribution in [3.05, 3.63) is 36.0 Å². The van der Waals surface area contributed by atoms with Crippen molar-refractivity contribution in [1.29, 1.82) is 0 Å². The Bertz CT molecular complexity index is 726. The van der Waals surface area contributed by atoms with Crippen LogP contribution < -0.4 is 16.2 Å². The van der Waals surface area contributed by atoms with Crippen molar-refractivity contribution < 1.29 is 4.79 Å². The molecule has 4 rings (SSSR count). The topological polar surface area (TPSA) is 66.1 Å². The molecule has 1 aliphatic heterocycles. The Balaban J connectivity index is 1.53. The van der Waals surface area contributed by atoms with Gasteiger partial charge in [-0.2, -0.15) is 0 Å². The number of amides is 1. The van der Waals surface area contributed by atoms with Crippen molar-refractivity contribution in [3.63, 3.8) is 0 Å². The molecule has 5 heteroatoms. The van der Waals surface area contributed by atoms with E-state index in [1.807, 2.05) is 31.2 Å². The summed E-state index contributed by atoms with van der Waals surface area (Å²) in [4.78, 5) is 16.9. The van der Waals surface area contributed by atoms with E-state index in [2.05, 4.69) is 21.2 Å². The molecule has 2 atom stereocenters. The van der Waals surface area contributed by atoms with E-state index in [0.717, 1.165) is 34.5 Å². The molecule has 0 bridgehead atoms. The lowest BCUT2D eigenvalue weighted by molar-refractivity contribution is -0.117. The lowest BCUT2D eigenvalue weighted by atomic mass is 10.1. The molecular formula is C17H20N4O. The molecule has 1 aromatic heterocycles. The minimum atomic E-state index is -0.168. The molecule has 0 radical (unpaired) electrons. The highest BCUT2D eigenvalue weighted by Gasteiger charge is 2.38. The van der Waals surface area contributed by atoms with Crippen LogP contribution in [0.3, 0.4) is 0 Å². The minimum absolute atomic E-state index is 0.0182. The summed E-state index contributed by atoms with van der Waals surface area (Å²) in [6, 6.07) is 8.12. The summed E-state index contributed by atoms with van der Waals surface area (Å²) in [5.74, 6) is 0.763. The van der Waals surface area contributed by atoms with E-state index in [0.29, 0.717) is 6.04 Å². The molecule has 1 saturated carbocycles. The molecule has 2 heterocycles. The number of nitrogens with one attached hydrogen (secondary N) is 3. The van der Waals surface area contributed by atoms with Crippen LogP contribution in [0.25, 0.3) is 10.9 Å². The largest absolute Gasteiger partial charge is 0.324 e. The van der Waals surface area contributed by atoms with Gasteiger partial charge in [0, 0.05) is 17.6 Å². The molecule has 2 unspecified atom stereocenters. The second-order valence-corrected chi connectivity index (χ2v) is 6.34. The smallest absolute Gasteiger partial charge is 0.242 e. The Morgan fingerprint density at radius 1 is 1.27 bits per heavy atom. The van der Waals surface area contributed by atoms with Crippen molar-refractivity contribution in [2.24, 2.45) is 5.92 Å². The van der Waals surface area contributed by atoms with Crippen LogP contribution in [-0.4, -0.2) is 23.0 Å². The summed E-state index contributed by atoms with van der Waals surface area (Å²) in [5, 5.41) is 4.04. The Kier molecular flexibility index (Phi) is 3.32. The monoisotopic (exact) mass is 296 g/mol. The number of aromatic nitrogens is 1. The van der Waals surface area contributed by atoms with Crippen LogP contribution in [0, 0.1) is 12.8 Å². The number of aryl methyl sites for hydroxylation is 1. The van der Waals surface area contributed by atoms with E-state index in [9.17, 15) is 4.79 Å². The second kappa shape index (κ2) is 5.34. The number of pyridine rings is 1. The lowest BCUT2D eigenvalue weighted by Crippen LogP contribution is -2.40. The number of fused-ring (bicyclic) bond motifs is 1. The first-order valence-corrected chi connectivity index (χ1v) is 7.88. The third-order valence-corrected chi connectivity index (χ3v) is 4.67. The van der Waals surface area contributed by atoms with Gasteiger partial charge in [0.05, 0.1) is 11.2 Å². The van der Waals surface area contributed by atoms with E-state index in [4.69, 9.17) is 0 Å². The molecule has 2 fully saturated rings. The molecule has 0 spiro atoms. The molecule has 1 saturated heterocycles. The fourth-order valence-electron chi connectivity index (χ4n) is 3.20. The zero-order valence-electron chi connectivity index (χ0n) is 12.6. The van der Waals surface area contributed by atoms with Gasteiger partial charge in [0.25, 0.3) is 0 Å². The zero-order valence-corrected chi connectivity index (χ0v) is 12.6. The molecule has 114 valence electrons. The summed E-state index contributed by atoms with van der Waals surface area (Å²) < 4.78 is 0. The standard InChI is InChI=1S/C17H20N4O/c1-10-4-7-13(12-3-2-8-18-16(10)12)19-17(22)15-9-14(20-21-15)11-5-6-11/h2-4,7-8,11,14-15,20-21H,5-6,9H2,1H3,(H,19,22). The third-order valence-electron chi connectivity index (χ3n) is 4.67. The molecule has 2 aromatic rings. The van der Waals surface area contributed by atoms with Gasteiger partial charge >= 0.3 is 0 Å². The van der Waals surface area contributed by atoms with E-state index in [-0.39, 0.29) is 11.9 Å². The summed E-state index contributed by atoms with van der Waals surface area (Å²) in [6.45, 7) is 2.03. The number of hydrazine groups is 1. The van der Waals surface area contributed by atoms with E-state index in [1.54, 1.807) is 6.20 Å². The number of benzene rings is 1. The van der Waals surface area contributed by atoms with Crippen molar-refractivity contribution in [3.8, 4) is 0 Å². The SMILES string of the molecule is Cc1ccc(NC(=O)C2CC(C3CC3)NN2)c2cccnc12. The van der Waals surface area contributed by atoms with Gasteiger partial charge in [0.15, 0.2) is 0 Å². The number of carbonyl (C=O) groups excluding carboxylic acids is 1. The first-order valence-electron chi connectivity index (χ1n) is 7.88. The van der Waals surface area contributed by atoms with Crippen LogP contribution in [0.1, 0.15) is 24.8 Å². The van der Waals surface area contributed by atoms with Gasteiger partial charge in [0.1, 0.15) is 6.04 Å². The van der Waals surface area contributed by atoms with Crippen LogP contribution in [0.5, 0.6) is 0 Å². The average Bonchev–Trinajstić information content (AvgIpc) is 3.27. The summed E-state index contributed by atoms with van der Waals surface area (Å²) >= 11 is 0. The fourth-order valence-corrected chi connectivity index (χ4v) is 3.20. The summed E-state index contributed by atoms with van der Waals surface area (Å²) in [6.07, 6.45) is 5.20. The number of hydrogen-bond donors (Lipinski definition) is 3. The van der Waals surface area contributed by atoms with Crippen LogP contribution >= 0.6 is 0 Å². The minimum Gasteiger partial charge on any atom is -0.324 e. The molecule has 22 heavy (non-hydrogen) atoms. The normalized spacial score (nSPS) is 24.6. The first kappa shape index (κ1) is 13.7. The highest BCUT2D eigenvalue weighted by molar-refractivity contribution is 6.03. The first-order chi connectivity index (χ1) is 10.7. The van der Waals surface area contributed by atoms with Gasteiger partial charge in [-0.1, -0.05) is 6.07 Å². The van der Waals surface area contributed by atoms with Gasteiger partial charge in [-0.3, -0.25) is 15.2 Å². The predicted molar refractivity (Wildman–Crippen MR) is 86.3 cm³/mol. The number of carbonyl (C=O) groups is 1. The van der Waals surface area contributed by atoms with E-state index >= 15 is 0 Å². The Hall–Kier alpha value is -1.98. The Morgan fingerprint density at radius 3 is 2.95 bits per heavy atom. The number of anilines is 1. The fraction of sp³-hybridized carbons (Fsp3) is 0.412. The quantitative estimate of drug-likeness (QED) is 0.812. The Morgan fingerprint density at radius 2 is 2.14 bits per heavy atom. The van der Waals surface area contributed by atoms with Crippen LogP contribution in [-0.2, 0) is 4.79 Å². The number of nitrogens with zero attached hydrogens (tertiary/aromatic N) is 1. The van der Waals surface area contributed by atoms with Crippen molar-refractivity contribution in [2.45, 2.75) is 38.3 Å². The van der Waals surface area contributed by atoms with Crippen molar-refractivity contribution in [1.82, 2.24) is 15.8 Å². The van der Waals surface area contributed by atoms with Gasteiger partial charge in [-0.05, 0) is 55.9 Å². The molecular weight excluding hydrogens is 276 g/mol. The summed E-state index contributed by atoms with van der Waals surface area (Å²) in [7, 11) is 0. The molecule has 5 nitrogen and oxygen atoms in total. The van der Waals surface area contributed by atoms with Gasteiger partial charge < -0.3 is 5.32 Å². The van der Waals surface area contributed by atoms with Gasteiger partial charge in [-0.15, -0.1) is 0 Å². The zero-order chi connectivity index (χ0) is 15.1.